The van der Waals surface area contributed by atoms with Crippen LogP contribution in [0.15, 0.2) is 48.9 Å². The van der Waals surface area contributed by atoms with Gasteiger partial charge < -0.3 is 10.3 Å². The second-order valence-corrected chi connectivity index (χ2v) is 5.96. The van der Waals surface area contributed by atoms with Crippen LogP contribution in [-0.4, -0.2) is 16.5 Å². The monoisotopic (exact) mass is 265 g/mol. The molecule has 3 atom stereocenters. The van der Waals surface area contributed by atoms with Crippen LogP contribution in [0, 0.1) is 17.8 Å². The molecule has 2 bridgehead atoms. The number of aromatic amines is 1. The van der Waals surface area contributed by atoms with E-state index in [1.54, 1.807) is 6.33 Å². The van der Waals surface area contributed by atoms with Gasteiger partial charge in [-0.25, -0.2) is 4.98 Å². The van der Waals surface area contributed by atoms with Crippen LogP contribution in [0.2, 0.25) is 0 Å². The summed E-state index contributed by atoms with van der Waals surface area (Å²) >= 11 is 0. The van der Waals surface area contributed by atoms with E-state index in [0.29, 0.717) is 0 Å². The molecular weight excluding hydrogens is 246 g/mol. The number of imidazole rings is 1. The van der Waals surface area contributed by atoms with Gasteiger partial charge in [0.05, 0.1) is 18.2 Å². The Bertz CT molecular complexity index is 598. The first-order valence-electron chi connectivity index (χ1n) is 7.39. The van der Waals surface area contributed by atoms with Gasteiger partial charge in [-0.15, -0.1) is 0 Å². The first kappa shape index (κ1) is 11.8. The van der Waals surface area contributed by atoms with Gasteiger partial charge in [-0.1, -0.05) is 24.3 Å². The Balaban J connectivity index is 1.39. The van der Waals surface area contributed by atoms with Crippen molar-refractivity contribution in [2.75, 3.05) is 11.9 Å². The molecule has 0 aliphatic heterocycles. The fourth-order valence-corrected chi connectivity index (χ4v) is 3.56. The van der Waals surface area contributed by atoms with E-state index in [1.165, 1.54) is 24.1 Å². The highest BCUT2D eigenvalue weighted by molar-refractivity contribution is 5.61. The lowest BCUT2D eigenvalue weighted by Gasteiger charge is -2.19. The van der Waals surface area contributed by atoms with Crippen LogP contribution in [0.4, 0.5) is 5.69 Å². The Morgan fingerprint density at radius 2 is 2.05 bits per heavy atom. The fraction of sp³-hybridized carbons (Fsp3) is 0.353. The van der Waals surface area contributed by atoms with E-state index in [0.717, 1.165) is 30.0 Å². The Morgan fingerprint density at radius 1 is 1.15 bits per heavy atom. The predicted molar refractivity (Wildman–Crippen MR) is 81.4 cm³/mol. The molecule has 0 spiro atoms. The van der Waals surface area contributed by atoms with Crippen molar-refractivity contribution < 1.29 is 0 Å². The quantitative estimate of drug-likeness (QED) is 0.828. The molecule has 1 saturated carbocycles. The van der Waals surface area contributed by atoms with Crippen LogP contribution in [0.25, 0.3) is 11.3 Å². The number of nitrogens with zero attached hydrogens (tertiary/aromatic N) is 1. The van der Waals surface area contributed by atoms with E-state index in [4.69, 9.17) is 0 Å². The molecule has 1 heterocycles. The van der Waals surface area contributed by atoms with Crippen molar-refractivity contribution in [2.24, 2.45) is 17.8 Å². The third-order valence-electron chi connectivity index (χ3n) is 4.68. The zero-order chi connectivity index (χ0) is 13.4. The van der Waals surface area contributed by atoms with Crippen molar-refractivity contribution in [1.82, 2.24) is 9.97 Å². The van der Waals surface area contributed by atoms with Crippen molar-refractivity contribution in [3.8, 4) is 11.3 Å². The van der Waals surface area contributed by atoms with E-state index in [9.17, 15) is 0 Å². The van der Waals surface area contributed by atoms with E-state index in [2.05, 4.69) is 51.7 Å². The number of benzene rings is 1. The maximum Gasteiger partial charge on any atom is 0.0924 e. The molecule has 3 unspecified atom stereocenters. The Hall–Kier alpha value is -2.03. The summed E-state index contributed by atoms with van der Waals surface area (Å²) in [4.78, 5) is 7.18. The molecule has 4 rings (SSSR count). The first-order chi connectivity index (χ1) is 9.88. The van der Waals surface area contributed by atoms with Crippen LogP contribution in [-0.2, 0) is 0 Å². The molecule has 1 fully saturated rings. The average molecular weight is 265 g/mol. The number of fused-ring (bicyclic) bond motifs is 2. The summed E-state index contributed by atoms with van der Waals surface area (Å²) in [5, 5.41) is 3.58. The third-order valence-corrected chi connectivity index (χ3v) is 4.68. The number of nitrogens with one attached hydrogen (secondary N) is 2. The summed E-state index contributed by atoms with van der Waals surface area (Å²) in [5.41, 5.74) is 3.45. The summed E-state index contributed by atoms with van der Waals surface area (Å²) in [6.07, 6.45) is 11.1. The van der Waals surface area contributed by atoms with Gasteiger partial charge in [-0.05, 0) is 48.3 Å². The molecule has 2 aliphatic carbocycles. The van der Waals surface area contributed by atoms with E-state index >= 15 is 0 Å². The number of aromatic nitrogens is 2. The van der Waals surface area contributed by atoms with Gasteiger partial charge >= 0.3 is 0 Å². The molecular formula is C17H19N3. The largest absolute Gasteiger partial charge is 0.385 e. The zero-order valence-corrected chi connectivity index (χ0v) is 11.4. The van der Waals surface area contributed by atoms with Gasteiger partial charge in [-0.2, -0.15) is 0 Å². The molecule has 20 heavy (non-hydrogen) atoms. The van der Waals surface area contributed by atoms with Gasteiger partial charge in [0, 0.05) is 12.2 Å². The van der Waals surface area contributed by atoms with Crippen LogP contribution in [0.1, 0.15) is 12.8 Å². The van der Waals surface area contributed by atoms with E-state index < -0.39 is 0 Å². The summed E-state index contributed by atoms with van der Waals surface area (Å²) in [7, 11) is 0. The molecule has 1 aromatic carbocycles. The number of H-pyrrole nitrogens is 1. The molecule has 3 nitrogen and oxygen atoms in total. The lowest BCUT2D eigenvalue weighted by Crippen LogP contribution is -2.18. The molecule has 2 aliphatic rings. The number of anilines is 1. The minimum atomic E-state index is 0.816. The van der Waals surface area contributed by atoms with Crippen LogP contribution >= 0.6 is 0 Å². The minimum Gasteiger partial charge on any atom is -0.385 e. The fourth-order valence-electron chi connectivity index (χ4n) is 3.56. The molecule has 102 valence electrons. The standard InChI is InChI=1S/C17H19N3/c1-2-14-7-12(1)8-15(14)9-19-16-5-3-13(4-6-16)17-10-18-11-20-17/h1-6,10-12,14-15,19H,7-9H2,(H,18,20). The first-order valence-corrected chi connectivity index (χ1v) is 7.39. The lowest BCUT2D eigenvalue weighted by molar-refractivity contribution is 0.472. The summed E-state index contributed by atoms with van der Waals surface area (Å²) in [6.45, 7) is 1.09. The molecule has 2 aromatic rings. The predicted octanol–water partition coefficient (Wildman–Crippen LogP) is 3.70. The Labute approximate surface area is 119 Å². The SMILES string of the molecule is C1=CC2CC1CC2CNc1ccc(-c2cnc[nH]2)cc1. The Kier molecular flexibility index (Phi) is 2.84. The maximum atomic E-state index is 4.05. The van der Waals surface area contributed by atoms with Gasteiger partial charge in [0.25, 0.3) is 0 Å². The van der Waals surface area contributed by atoms with Crippen molar-refractivity contribution in [3.63, 3.8) is 0 Å². The molecule has 0 amide bonds. The second-order valence-electron chi connectivity index (χ2n) is 5.96. The van der Waals surface area contributed by atoms with Crippen LogP contribution in [0.3, 0.4) is 0 Å². The summed E-state index contributed by atoms with van der Waals surface area (Å²) in [6, 6.07) is 8.57. The average Bonchev–Trinajstić information content (AvgIpc) is 3.22. The van der Waals surface area contributed by atoms with E-state index in [1.807, 2.05) is 6.20 Å². The second kappa shape index (κ2) is 4.82. The smallest absolute Gasteiger partial charge is 0.0924 e. The molecule has 1 aromatic heterocycles. The molecule has 0 radical (unpaired) electrons. The van der Waals surface area contributed by atoms with Gasteiger partial charge in [-0.3, -0.25) is 0 Å². The van der Waals surface area contributed by atoms with Crippen molar-refractivity contribution in [3.05, 3.63) is 48.9 Å². The highest BCUT2D eigenvalue weighted by atomic mass is 14.9. The number of allylic oxidation sites excluding steroid dienone is 2. The molecule has 0 saturated heterocycles. The topological polar surface area (TPSA) is 40.7 Å². The van der Waals surface area contributed by atoms with Gasteiger partial charge in [0.2, 0.25) is 0 Å². The third kappa shape index (κ3) is 2.13. The lowest BCUT2D eigenvalue weighted by atomic mass is 9.93. The molecule has 3 heteroatoms. The van der Waals surface area contributed by atoms with E-state index in [-0.39, 0.29) is 0 Å². The summed E-state index contributed by atoms with van der Waals surface area (Å²) in [5.74, 6) is 2.49. The number of hydrogen-bond donors (Lipinski definition) is 2. The minimum absolute atomic E-state index is 0.816. The highest BCUT2D eigenvalue weighted by Crippen LogP contribution is 2.43. The van der Waals surface area contributed by atoms with Crippen molar-refractivity contribution in [2.45, 2.75) is 12.8 Å². The van der Waals surface area contributed by atoms with Crippen molar-refractivity contribution in [1.29, 1.82) is 0 Å². The zero-order valence-electron chi connectivity index (χ0n) is 11.4. The molecule has 2 N–H and O–H groups in total. The Morgan fingerprint density at radius 3 is 2.70 bits per heavy atom. The van der Waals surface area contributed by atoms with Crippen LogP contribution < -0.4 is 5.32 Å². The maximum absolute atomic E-state index is 4.05. The summed E-state index contributed by atoms with van der Waals surface area (Å²) < 4.78 is 0. The van der Waals surface area contributed by atoms with Crippen molar-refractivity contribution >= 4 is 5.69 Å². The number of rotatable bonds is 4. The van der Waals surface area contributed by atoms with Gasteiger partial charge in [0.15, 0.2) is 0 Å². The number of hydrogen-bond acceptors (Lipinski definition) is 2. The van der Waals surface area contributed by atoms with Gasteiger partial charge in [0.1, 0.15) is 0 Å². The van der Waals surface area contributed by atoms with Crippen LogP contribution in [0.5, 0.6) is 0 Å². The normalized spacial score (nSPS) is 27.1. The highest BCUT2D eigenvalue weighted by Gasteiger charge is 2.35.